The van der Waals surface area contributed by atoms with E-state index in [0.29, 0.717) is 12.0 Å². The summed E-state index contributed by atoms with van der Waals surface area (Å²) in [4.78, 5) is 0. The van der Waals surface area contributed by atoms with Crippen LogP contribution in [0.3, 0.4) is 0 Å². The van der Waals surface area contributed by atoms with E-state index >= 15 is 0 Å². The molecule has 74 valence electrons. The molecule has 2 nitrogen and oxygen atoms in total. The number of hydrogen-bond acceptors (Lipinski definition) is 3. The molecule has 1 unspecified atom stereocenters. The molecule has 0 rings (SSSR count). The van der Waals surface area contributed by atoms with Crippen LogP contribution in [0.5, 0.6) is 0 Å². The first kappa shape index (κ1) is 12.3. The Labute approximate surface area is 81.5 Å². The maximum atomic E-state index is 5.31. The second-order valence-electron chi connectivity index (χ2n) is 3.34. The van der Waals surface area contributed by atoms with Crippen LogP contribution < -0.4 is 5.32 Å². The van der Waals surface area contributed by atoms with Gasteiger partial charge < -0.3 is 10.1 Å². The van der Waals surface area contributed by atoms with Gasteiger partial charge in [-0.05, 0) is 19.4 Å². The molecule has 0 heterocycles. The summed E-state index contributed by atoms with van der Waals surface area (Å²) in [6, 6.07) is 0.399. The Morgan fingerprint density at radius 2 is 2.08 bits per heavy atom. The minimum atomic E-state index is 0.399. The maximum absolute atomic E-state index is 5.31. The lowest BCUT2D eigenvalue weighted by Crippen LogP contribution is -2.37. The fraction of sp³-hybridized carbons (Fsp3) is 1.00. The number of rotatable bonds is 7. The number of thiol groups is 1. The average Bonchev–Trinajstić information content (AvgIpc) is 2.05. The van der Waals surface area contributed by atoms with Gasteiger partial charge in [-0.15, -0.1) is 0 Å². The summed E-state index contributed by atoms with van der Waals surface area (Å²) in [6.45, 7) is 9.00. The highest BCUT2D eigenvalue weighted by Crippen LogP contribution is 1.93. The zero-order chi connectivity index (χ0) is 9.40. The monoisotopic (exact) mass is 191 g/mol. The fourth-order valence-corrected chi connectivity index (χ4v) is 1.07. The third kappa shape index (κ3) is 6.95. The van der Waals surface area contributed by atoms with Gasteiger partial charge in [0.25, 0.3) is 0 Å². The van der Waals surface area contributed by atoms with Crippen molar-refractivity contribution in [3.8, 4) is 0 Å². The van der Waals surface area contributed by atoms with Gasteiger partial charge in [0.15, 0.2) is 0 Å². The number of nitrogens with one attached hydrogen (secondary N) is 1. The molecule has 1 atom stereocenters. The van der Waals surface area contributed by atoms with Crippen LogP contribution >= 0.6 is 12.6 Å². The fourth-order valence-electron chi connectivity index (χ4n) is 0.839. The van der Waals surface area contributed by atoms with E-state index in [1.165, 1.54) is 0 Å². The van der Waals surface area contributed by atoms with Crippen LogP contribution in [0.4, 0.5) is 0 Å². The topological polar surface area (TPSA) is 21.3 Å². The molecule has 0 aromatic carbocycles. The van der Waals surface area contributed by atoms with E-state index in [9.17, 15) is 0 Å². The Bertz CT molecular complexity index is 98.5. The lowest BCUT2D eigenvalue weighted by molar-refractivity contribution is 0.127. The Morgan fingerprint density at radius 1 is 1.42 bits per heavy atom. The predicted molar refractivity (Wildman–Crippen MR) is 57.0 cm³/mol. The molecule has 0 aliphatic heterocycles. The molecule has 0 amide bonds. The lowest BCUT2D eigenvalue weighted by atomic mass is 10.2. The molecule has 0 saturated heterocycles. The second kappa shape index (κ2) is 7.90. The summed E-state index contributed by atoms with van der Waals surface area (Å²) in [6.07, 6.45) is 0. The van der Waals surface area contributed by atoms with Gasteiger partial charge in [0, 0.05) is 18.4 Å². The first-order valence-corrected chi connectivity index (χ1v) is 5.25. The molecule has 0 aliphatic carbocycles. The third-order valence-electron chi connectivity index (χ3n) is 1.56. The maximum Gasteiger partial charge on any atom is 0.0627 e. The second-order valence-corrected chi connectivity index (χ2v) is 3.71. The Morgan fingerprint density at radius 3 is 2.50 bits per heavy atom. The molecule has 0 aromatic heterocycles. The molecule has 3 heteroatoms. The standard InChI is InChI=1S/C9H21NOS/c1-4-11-6-9(7-12)10-5-8(2)3/h8-10,12H,4-7H2,1-3H3. The van der Waals surface area contributed by atoms with E-state index in [1.807, 2.05) is 6.92 Å². The van der Waals surface area contributed by atoms with Crippen molar-refractivity contribution in [1.82, 2.24) is 5.32 Å². The van der Waals surface area contributed by atoms with Crippen molar-refractivity contribution in [2.24, 2.45) is 5.92 Å². The van der Waals surface area contributed by atoms with Crippen LogP contribution in [0.25, 0.3) is 0 Å². The zero-order valence-corrected chi connectivity index (χ0v) is 9.23. The highest BCUT2D eigenvalue weighted by Gasteiger charge is 2.05. The molecule has 1 N–H and O–H groups in total. The largest absolute Gasteiger partial charge is 0.380 e. The van der Waals surface area contributed by atoms with Crippen molar-refractivity contribution in [3.05, 3.63) is 0 Å². The first-order valence-electron chi connectivity index (χ1n) is 4.62. The van der Waals surface area contributed by atoms with Gasteiger partial charge in [0.05, 0.1) is 6.61 Å². The molecular weight excluding hydrogens is 170 g/mol. The molecule has 0 saturated carbocycles. The molecule has 0 spiro atoms. The Balaban J connectivity index is 3.39. The van der Waals surface area contributed by atoms with Crippen molar-refractivity contribution in [3.63, 3.8) is 0 Å². The van der Waals surface area contributed by atoms with Gasteiger partial charge in [0.2, 0.25) is 0 Å². The minimum Gasteiger partial charge on any atom is -0.380 e. The van der Waals surface area contributed by atoms with E-state index < -0.39 is 0 Å². The molecule has 0 aliphatic rings. The lowest BCUT2D eigenvalue weighted by Gasteiger charge is -2.17. The van der Waals surface area contributed by atoms with Crippen molar-refractivity contribution in [2.75, 3.05) is 25.5 Å². The average molecular weight is 191 g/mol. The first-order chi connectivity index (χ1) is 5.70. The van der Waals surface area contributed by atoms with Gasteiger partial charge in [-0.3, -0.25) is 0 Å². The summed E-state index contributed by atoms with van der Waals surface area (Å²) in [7, 11) is 0. The highest BCUT2D eigenvalue weighted by molar-refractivity contribution is 7.80. The van der Waals surface area contributed by atoms with E-state index in [-0.39, 0.29) is 0 Å². The van der Waals surface area contributed by atoms with E-state index in [0.717, 1.165) is 25.5 Å². The quantitative estimate of drug-likeness (QED) is 0.596. The SMILES string of the molecule is CCOCC(CS)NCC(C)C. The van der Waals surface area contributed by atoms with Gasteiger partial charge in [0.1, 0.15) is 0 Å². The summed E-state index contributed by atoms with van der Waals surface area (Å²) in [5, 5.41) is 3.40. The van der Waals surface area contributed by atoms with Crippen LogP contribution in [-0.2, 0) is 4.74 Å². The number of ether oxygens (including phenoxy) is 1. The van der Waals surface area contributed by atoms with Crippen LogP contribution in [0.2, 0.25) is 0 Å². The number of hydrogen-bond donors (Lipinski definition) is 2. The van der Waals surface area contributed by atoms with Crippen LogP contribution in [0.1, 0.15) is 20.8 Å². The molecule has 12 heavy (non-hydrogen) atoms. The van der Waals surface area contributed by atoms with Gasteiger partial charge >= 0.3 is 0 Å². The Kier molecular flexibility index (Phi) is 8.07. The molecular formula is C9H21NOS. The van der Waals surface area contributed by atoms with Gasteiger partial charge in [-0.25, -0.2) is 0 Å². The van der Waals surface area contributed by atoms with Gasteiger partial charge in [-0.1, -0.05) is 13.8 Å². The van der Waals surface area contributed by atoms with Crippen molar-refractivity contribution < 1.29 is 4.74 Å². The van der Waals surface area contributed by atoms with Crippen molar-refractivity contribution in [2.45, 2.75) is 26.8 Å². The van der Waals surface area contributed by atoms with Crippen LogP contribution in [0, 0.1) is 5.92 Å². The van der Waals surface area contributed by atoms with Gasteiger partial charge in [-0.2, -0.15) is 12.6 Å². The Hall–Kier alpha value is 0.270. The highest BCUT2D eigenvalue weighted by atomic mass is 32.1. The predicted octanol–water partition coefficient (Wildman–Crippen LogP) is 1.57. The van der Waals surface area contributed by atoms with E-state index in [2.05, 4.69) is 31.8 Å². The smallest absolute Gasteiger partial charge is 0.0627 e. The van der Waals surface area contributed by atoms with Crippen molar-refractivity contribution >= 4 is 12.6 Å². The van der Waals surface area contributed by atoms with E-state index in [1.54, 1.807) is 0 Å². The molecule has 0 bridgehead atoms. The normalized spacial score (nSPS) is 13.8. The van der Waals surface area contributed by atoms with Crippen molar-refractivity contribution in [1.29, 1.82) is 0 Å². The van der Waals surface area contributed by atoms with Crippen LogP contribution in [0.15, 0.2) is 0 Å². The van der Waals surface area contributed by atoms with E-state index in [4.69, 9.17) is 4.74 Å². The zero-order valence-electron chi connectivity index (χ0n) is 8.34. The third-order valence-corrected chi connectivity index (χ3v) is 2.00. The summed E-state index contributed by atoms with van der Waals surface area (Å²) < 4.78 is 5.31. The molecule has 0 radical (unpaired) electrons. The summed E-state index contributed by atoms with van der Waals surface area (Å²) >= 11 is 4.25. The minimum absolute atomic E-state index is 0.399. The summed E-state index contributed by atoms with van der Waals surface area (Å²) in [5.41, 5.74) is 0. The summed E-state index contributed by atoms with van der Waals surface area (Å²) in [5.74, 6) is 1.53. The van der Waals surface area contributed by atoms with Crippen LogP contribution in [-0.4, -0.2) is 31.6 Å². The molecule has 0 aromatic rings. The molecule has 0 fully saturated rings.